The number of rotatable bonds is 8. The Morgan fingerprint density at radius 1 is 1.03 bits per heavy atom. The predicted molar refractivity (Wildman–Crippen MR) is 140 cm³/mol. The summed E-state index contributed by atoms with van der Waals surface area (Å²) in [6.45, 7) is 4.03. The molecule has 0 radical (unpaired) electrons. The van der Waals surface area contributed by atoms with Crippen LogP contribution in [-0.2, 0) is 14.4 Å². The number of nitrogens with zero attached hydrogens (tertiary/aromatic N) is 1. The van der Waals surface area contributed by atoms with Crippen LogP contribution in [0.15, 0.2) is 66.7 Å². The molecule has 1 heterocycles. The Kier molecular flexibility index (Phi) is 7.75. The van der Waals surface area contributed by atoms with Crippen molar-refractivity contribution >= 4 is 46.4 Å². The summed E-state index contributed by atoms with van der Waals surface area (Å²) in [5.41, 5.74) is 9.49. The smallest absolute Gasteiger partial charge is 0.262 e. The average molecular weight is 507 g/mol. The van der Waals surface area contributed by atoms with E-state index in [-0.39, 0.29) is 37.3 Å². The first-order valence-electron chi connectivity index (χ1n) is 11.5. The summed E-state index contributed by atoms with van der Waals surface area (Å²) >= 11 is 6.12. The number of aryl methyl sites for hydroxylation is 2. The number of hydrogen-bond acceptors (Lipinski definition) is 5. The van der Waals surface area contributed by atoms with Gasteiger partial charge in [-0.2, -0.15) is 0 Å². The number of hydrogen-bond donors (Lipinski definition) is 3. The molecule has 186 valence electrons. The fraction of sp³-hybridized carbons (Fsp3) is 0.222. The standard InChI is InChI=1S/C27H27ClN4O4/c1-17-8-10-21(12-18(17)2)29-25(33)16-36-24-11-9-20(28)14-23(24)30-31-27(35)19-13-26(34)32(15-19)22-6-4-3-5-7-22/h3-12,14,19,30H,13,15-16H2,1-2H3,(H,29,33)(H,31,35)/t19-/m0/s1. The van der Waals surface area contributed by atoms with Crippen LogP contribution in [0.2, 0.25) is 5.02 Å². The van der Waals surface area contributed by atoms with Gasteiger partial charge in [-0.05, 0) is 67.4 Å². The molecule has 4 rings (SSSR count). The lowest BCUT2D eigenvalue weighted by atomic mass is 10.1. The summed E-state index contributed by atoms with van der Waals surface area (Å²) in [4.78, 5) is 39.2. The van der Waals surface area contributed by atoms with Crippen LogP contribution in [-0.4, -0.2) is 30.9 Å². The second-order valence-electron chi connectivity index (χ2n) is 8.63. The Hall–Kier alpha value is -4.04. The van der Waals surface area contributed by atoms with E-state index in [2.05, 4.69) is 16.2 Å². The summed E-state index contributed by atoms with van der Waals surface area (Å²) < 4.78 is 5.68. The minimum Gasteiger partial charge on any atom is -0.482 e. The summed E-state index contributed by atoms with van der Waals surface area (Å²) in [6.07, 6.45) is 0.111. The van der Waals surface area contributed by atoms with Gasteiger partial charge < -0.3 is 15.0 Å². The Labute approximate surface area is 214 Å². The lowest BCUT2D eigenvalue weighted by Crippen LogP contribution is -2.36. The lowest BCUT2D eigenvalue weighted by Gasteiger charge is -2.18. The fourth-order valence-electron chi connectivity index (χ4n) is 3.86. The van der Waals surface area contributed by atoms with Crippen LogP contribution in [0.4, 0.5) is 17.1 Å². The van der Waals surface area contributed by atoms with Gasteiger partial charge in [-0.25, -0.2) is 0 Å². The number of halogens is 1. The molecule has 3 amide bonds. The maximum absolute atomic E-state index is 12.8. The fourth-order valence-corrected chi connectivity index (χ4v) is 4.03. The Bertz CT molecular complexity index is 1280. The highest BCUT2D eigenvalue weighted by Gasteiger charge is 2.35. The molecule has 0 bridgehead atoms. The van der Waals surface area contributed by atoms with E-state index < -0.39 is 5.92 Å². The van der Waals surface area contributed by atoms with E-state index in [0.717, 1.165) is 16.8 Å². The van der Waals surface area contributed by atoms with Crippen molar-refractivity contribution in [3.63, 3.8) is 0 Å². The highest BCUT2D eigenvalue weighted by atomic mass is 35.5. The maximum atomic E-state index is 12.8. The van der Waals surface area contributed by atoms with E-state index in [1.165, 1.54) is 0 Å². The Balaban J connectivity index is 1.34. The van der Waals surface area contributed by atoms with Crippen LogP contribution in [0.1, 0.15) is 17.5 Å². The molecule has 1 aliphatic rings. The van der Waals surface area contributed by atoms with Gasteiger partial charge in [-0.1, -0.05) is 35.9 Å². The van der Waals surface area contributed by atoms with Crippen molar-refractivity contribution in [3.8, 4) is 5.75 Å². The van der Waals surface area contributed by atoms with Crippen molar-refractivity contribution in [2.75, 3.05) is 28.8 Å². The van der Waals surface area contributed by atoms with Crippen LogP contribution >= 0.6 is 11.6 Å². The van der Waals surface area contributed by atoms with Crippen molar-refractivity contribution in [3.05, 3.63) is 82.9 Å². The summed E-state index contributed by atoms with van der Waals surface area (Å²) in [5.74, 6) is -0.947. The Morgan fingerprint density at radius 2 is 1.81 bits per heavy atom. The van der Waals surface area contributed by atoms with Crippen LogP contribution in [0.25, 0.3) is 0 Å². The van der Waals surface area contributed by atoms with Gasteiger partial charge in [-0.15, -0.1) is 0 Å². The van der Waals surface area contributed by atoms with Gasteiger partial charge in [0.05, 0.1) is 11.6 Å². The van der Waals surface area contributed by atoms with Crippen molar-refractivity contribution in [1.82, 2.24) is 5.43 Å². The first kappa shape index (κ1) is 25.1. The molecule has 0 saturated carbocycles. The first-order valence-corrected chi connectivity index (χ1v) is 11.9. The number of benzene rings is 3. The second-order valence-corrected chi connectivity index (χ2v) is 9.07. The third-order valence-corrected chi connectivity index (χ3v) is 6.21. The SMILES string of the molecule is Cc1ccc(NC(=O)COc2ccc(Cl)cc2NNC(=O)[C@H]2CC(=O)N(c3ccccc3)C2)cc1C. The molecular weight excluding hydrogens is 480 g/mol. The van der Waals surface area contributed by atoms with Crippen molar-refractivity contribution in [1.29, 1.82) is 0 Å². The molecular formula is C27H27ClN4O4. The van der Waals surface area contributed by atoms with E-state index >= 15 is 0 Å². The number of para-hydroxylation sites is 1. The minimum absolute atomic E-state index is 0.108. The van der Waals surface area contributed by atoms with Gasteiger partial charge in [0.15, 0.2) is 6.61 Å². The molecule has 1 aliphatic heterocycles. The molecule has 36 heavy (non-hydrogen) atoms. The van der Waals surface area contributed by atoms with Gasteiger partial charge in [0.25, 0.3) is 5.91 Å². The summed E-state index contributed by atoms with van der Waals surface area (Å²) in [7, 11) is 0. The first-order chi connectivity index (χ1) is 17.3. The molecule has 9 heteroatoms. The zero-order chi connectivity index (χ0) is 25.7. The van der Waals surface area contributed by atoms with E-state index in [0.29, 0.717) is 22.1 Å². The number of carbonyl (C=O) groups excluding carboxylic acids is 3. The summed E-state index contributed by atoms with van der Waals surface area (Å²) in [6, 6.07) is 19.7. The number of amides is 3. The number of anilines is 3. The molecule has 1 fully saturated rings. The Morgan fingerprint density at radius 3 is 2.56 bits per heavy atom. The molecule has 1 saturated heterocycles. The maximum Gasteiger partial charge on any atom is 0.262 e. The predicted octanol–water partition coefficient (Wildman–Crippen LogP) is 4.47. The second kappa shape index (κ2) is 11.1. The van der Waals surface area contributed by atoms with Crippen LogP contribution in [0.5, 0.6) is 5.75 Å². The van der Waals surface area contributed by atoms with Gasteiger partial charge in [0.1, 0.15) is 5.75 Å². The van der Waals surface area contributed by atoms with Crippen LogP contribution in [0, 0.1) is 19.8 Å². The van der Waals surface area contributed by atoms with Gasteiger partial charge in [-0.3, -0.25) is 25.2 Å². The van der Waals surface area contributed by atoms with E-state index in [9.17, 15) is 14.4 Å². The molecule has 3 aromatic rings. The van der Waals surface area contributed by atoms with Gasteiger partial charge >= 0.3 is 0 Å². The van der Waals surface area contributed by atoms with E-state index in [1.807, 2.05) is 62.4 Å². The van der Waals surface area contributed by atoms with Crippen molar-refractivity contribution in [2.45, 2.75) is 20.3 Å². The number of nitrogens with one attached hydrogen (secondary N) is 3. The van der Waals surface area contributed by atoms with E-state index in [1.54, 1.807) is 23.1 Å². The monoisotopic (exact) mass is 506 g/mol. The third-order valence-electron chi connectivity index (χ3n) is 5.98. The largest absolute Gasteiger partial charge is 0.482 e. The third kappa shape index (κ3) is 6.14. The van der Waals surface area contributed by atoms with Crippen LogP contribution in [0.3, 0.4) is 0 Å². The molecule has 0 unspecified atom stereocenters. The summed E-state index contributed by atoms with van der Waals surface area (Å²) in [5, 5.41) is 3.22. The zero-order valence-corrected chi connectivity index (χ0v) is 20.8. The topological polar surface area (TPSA) is 99.8 Å². The van der Waals surface area contributed by atoms with Gasteiger partial charge in [0, 0.05) is 29.4 Å². The quantitative estimate of drug-likeness (QED) is 0.391. The van der Waals surface area contributed by atoms with E-state index in [4.69, 9.17) is 16.3 Å². The molecule has 0 aliphatic carbocycles. The molecule has 1 atom stereocenters. The number of carbonyl (C=O) groups is 3. The zero-order valence-electron chi connectivity index (χ0n) is 20.0. The van der Waals surface area contributed by atoms with Crippen molar-refractivity contribution < 1.29 is 19.1 Å². The number of ether oxygens (including phenoxy) is 1. The van der Waals surface area contributed by atoms with Crippen LogP contribution < -0.4 is 25.8 Å². The normalized spacial score (nSPS) is 14.9. The highest BCUT2D eigenvalue weighted by Crippen LogP contribution is 2.28. The van der Waals surface area contributed by atoms with Gasteiger partial charge in [0.2, 0.25) is 11.8 Å². The molecule has 8 nitrogen and oxygen atoms in total. The number of hydrazine groups is 1. The average Bonchev–Trinajstić information content (AvgIpc) is 3.26. The molecule has 0 aromatic heterocycles. The molecule has 3 aromatic carbocycles. The highest BCUT2D eigenvalue weighted by molar-refractivity contribution is 6.31. The molecule has 3 N–H and O–H groups in total. The molecule has 0 spiro atoms. The minimum atomic E-state index is -0.516. The lowest BCUT2D eigenvalue weighted by molar-refractivity contribution is -0.125. The van der Waals surface area contributed by atoms with Crippen molar-refractivity contribution in [2.24, 2.45) is 5.92 Å².